The number of nitrogens with one attached hydrogen (secondary N) is 2. The summed E-state index contributed by atoms with van der Waals surface area (Å²) in [5.41, 5.74) is 1.02. The fraction of sp³-hybridized carbons (Fsp3) is 0.632. The van der Waals surface area contributed by atoms with Crippen molar-refractivity contribution in [2.24, 2.45) is 4.99 Å². The average molecular weight is 521 g/mol. The number of nitro groups is 1. The van der Waals surface area contributed by atoms with Crippen LogP contribution in [-0.2, 0) is 16.0 Å². The van der Waals surface area contributed by atoms with Gasteiger partial charge in [-0.1, -0.05) is 12.1 Å². The van der Waals surface area contributed by atoms with E-state index in [9.17, 15) is 10.1 Å². The maximum Gasteiger partial charge on any atom is 0.269 e. The van der Waals surface area contributed by atoms with Crippen LogP contribution in [-0.4, -0.2) is 75.4 Å². The second-order valence-electron chi connectivity index (χ2n) is 6.60. The molecule has 10 heteroatoms. The molecule has 1 fully saturated rings. The van der Waals surface area contributed by atoms with Crippen LogP contribution in [0.1, 0.15) is 18.4 Å². The first-order valence-electron chi connectivity index (χ1n) is 9.73. The number of nitro benzene ring substituents is 1. The molecular formula is C19H32IN5O4. The van der Waals surface area contributed by atoms with Gasteiger partial charge < -0.3 is 20.1 Å². The van der Waals surface area contributed by atoms with Gasteiger partial charge in [0.2, 0.25) is 0 Å². The maximum absolute atomic E-state index is 10.7. The molecule has 1 aliphatic heterocycles. The van der Waals surface area contributed by atoms with E-state index < -0.39 is 4.92 Å². The van der Waals surface area contributed by atoms with Crippen molar-refractivity contribution >= 4 is 35.6 Å². The lowest BCUT2D eigenvalue weighted by Gasteiger charge is -2.26. The van der Waals surface area contributed by atoms with Gasteiger partial charge in [0.25, 0.3) is 5.69 Å². The summed E-state index contributed by atoms with van der Waals surface area (Å²) in [4.78, 5) is 17.4. The van der Waals surface area contributed by atoms with Crippen molar-refractivity contribution in [3.05, 3.63) is 39.9 Å². The summed E-state index contributed by atoms with van der Waals surface area (Å²) in [7, 11) is 1.69. The maximum atomic E-state index is 10.7. The van der Waals surface area contributed by atoms with Gasteiger partial charge >= 0.3 is 0 Å². The molecule has 1 aliphatic rings. The molecule has 1 aromatic rings. The largest absolute Gasteiger partial charge is 0.385 e. The molecule has 0 unspecified atom stereocenters. The van der Waals surface area contributed by atoms with Gasteiger partial charge in [-0.2, -0.15) is 0 Å². The summed E-state index contributed by atoms with van der Waals surface area (Å²) in [6.45, 7) is 7.41. The highest BCUT2D eigenvalue weighted by atomic mass is 127. The zero-order chi connectivity index (χ0) is 20.0. The van der Waals surface area contributed by atoms with Crippen molar-refractivity contribution in [1.29, 1.82) is 0 Å². The molecule has 0 aromatic heterocycles. The van der Waals surface area contributed by atoms with Crippen LogP contribution in [0, 0.1) is 10.1 Å². The Labute approximate surface area is 189 Å². The number of aliphatic imine (C=N–C) groups is 1. The van der Waals surface area contributed by atoms with Crippen molar-refractivity contribution in [2.75, 3.05) is 59.7 Å². The lowest BCUT2D eigenvalue weighted by molar-refractivity contribution is -0.384. The van der Waals surface area contributed by atoms with E-state index in [1.54, 1.807) is 19.2 Å². The molecule has 0 amide bonds. The molecule has 2 rings (SSSR count). The molecule has 0 radical (unpaired) electrons. The van der Waals surface area contributed by atoms with E-state index in [1.807, 2.05) is 0 Å². The molecule has 0 saturated carbocycles. The highest BCUT2D eigenvalue weighted by Gasteiger charge is 2.09. The third-order valence-corrected chi connectivity index (χ3v) is 4.43. The second kappa shape index (κ2) is 15.4. The minimum atomic E-state index is -0.397. The first-order chi connectivity index (χ1) is 13.7. The second-order valence-corrected chi connectivity index (χ2v) is 6.60. The number of guanidine groups is 1. The number of halogens is 1. The molecule has 0 bridgehead atoms. The van der Waals surface area contributed by atoms with E-state index in [2.05, 4.69) is 20.5 Å². The van der Waals surface area contributed by atoms with Crippen LogP contribution in [0.25, 0.3) is 0 Å². The molecule has 29 heavy (non-hydrogen) atoms. The predicted octanol–water partition coefficient (Wildman–Crippen LogP) is 2.01. The van der Waals surface area contributed by atoms with Crippen LogP contribution in [0.3, 0.4) is 0 Å². The van der Waals surface area contributed by atoms with Gasteiger partial charge in [0, 0.05) is 52.0 Å². The Kier molecular flexibility index (Phi) is 13.5. The van der Waals surface area contributed by atoms with E-state index in [0.29, 0.717) is 13.2 Å². The first-order valence-corrected chi connectivity index (χ1v) is 9.73. The van der Waals surface area contributed by atoms with Crippen LogP contribution in [0.4, 0.5) is 5.69 Å². The number of hydrogen-bond acceptors (Lipinski definition) is 6. The van der Waals surface area contributed by atoms with Gasteiger partial charge in [-0.3, -0.25) is 15.0 Å². The Bertz CT molecular complexity index is 609. The van der Waals surface area contributed by atoms with Gasteiger partial charge in [-0.25, -0.2) is 4.99 Å². The average Bonchev–Trinajstić information content (AvgIpc) is 2.72. The fourth-order valence-corrected chi connectivity index (χ4v) is 2.83. The Morgan fingerprint density at radius 3 is 2.48 bits per heavy atom. The number of hydrogen-bond donors (Lipinski definition) is 2. The third kappa shape index (κ3) is 10.7. The third-order valence-electron chi connectivity index (χ3n) is 4.43. The Hall–Kier alpha value is -1.50. The first kappa shape index (κ1) is 25.5. The van der Waals surface area contributed by atoms with E-state index in [4.69, 9.17) is 9.47 Å². The van der Waals surface area contributed by atoms with Crippen LogP contribution >= 0.6 is 24.0 Å². The van der Waals surface area contributed by atoms with Crippen molar-refractivity contribution in [3.63, 3.8) is 0 Å². The standard InChI is InChI=1S/C19H31N5O4.HI/c1-27-13-3-9-21-19(20-8-2-10-23-11-14-28-15-12-23)22-16-17-4-6-18(7-5-17)24(25)26;/h4-7H,2-3,8-16H2,1H3,(H2,20,21,22);1H. The molecule has 164 valence electrons. The van der Waals surface area contributed by atoms with E-state index in [0.717, 1.165) is 70.3 Å². The van der Waals surface area contributed by atoms with Gasteiger partial charge in [-0.05, 0) is 24.9 Å². The van der Waals surface area contributed by atoms with Crippen molar-refractivity contribution in [1.82, 2.24) is 15.5 Å². The monoisotopic (exact) mass is 521 g/mol. The minimum Gasteiger partial charge on any atom is -0.385 e. The summed E-state index contributed by atoms with van der Waals surface area (Å²) in [6.07, 6.45) is 1.92. The summed E-state index contributed by atoms with van der Waals surface area (Å²) >= 11 is 0. The van der Waals surface area contributed by atoms with Crippen molar-refractivity contribution in [2.45, 2.75) is 19.4 Å². The summed E-state index contributed by atoms with van der Waals surface area (Å²) < 4.78 is 10.4. The van der Waals surface area contributed by atoms with Gasteiger partial charge in [0.1, 0.15) is 0 Å². The van der Waals surface area contributed by atoms with E-state index >= 15 is 0 Å². The topological polar surface area (TPSA) is 101 Å². The molecule has 0 atom stereocenters. The molecule has 1 aromatic carbocycles. The van der Waals surface area contributed by atoms with Gasteiger partial charge in [0.15, 0.2) is 5.96 Å². The number of methoxy groups -OCH3 is 1. The highest BCUT2D eigenvalue weighted by Crippen LogP contribution is 2.12. The minimum absolute atomic E-state index is 0. The van der Waals surface area contributed by atoms with E-state index in [-0.39, 0.29) is 29.7 Å². The van der Waals surface area contributed by atoms with Crippen LogP contribution < -0.4 is 10.6 Å². The molecule has 2 N–H and O–H groups in total. The number of ether oxygens (including phenoxy) is 2. The number of morpholine rings is 1. The molecule has 9 nitrogen and oxygen atoms in total. The summed E-state index contributed by atoms with van der Waals surface area (Å²) in [6, 6.07) is 6.49. The molecule has 1 saturated heterocycles. The number of rotatable bonds is 11. The van der Waals surface area contributed by atoms with Crippen LogP contribution in [0.5, 0.6) is 0 Å². The Balaban J connectivity index is 0.00000420. The Morgan fingerprint density at radius 1 is 1.21 bits per heavy atom. The number of nitrogens with zero attached hydrogens (tertiary/aromatic N) is 3. The number of non-ortho nitro benzene ring substituents is 1. The SMILES string of the molecule is COCCCNC(=NCc1ccc([N+](=O)[O-])cc1)NCCCN1CCOCC1.I. The highest BCUT2D eigenvalue weighted by molar-refractivity contribution is 14.0. The van der Waals surface area contributed by atoms with Crippen molar-refractivity contribution in [3.8, 4) is 0 Å². The summed E-state index contributed by atoms with van der Waals surface area (Å²) in [5.74, 6) is 0.747. The van der Waals surface area contributed by atoms with E-state index in [1.165, 1.54) is 12.1 Å². The molecule has 0 spiro atoms. The molecular weight excluding hydrogens is 489 g/mol. The Morgan fingerprint density at radius 2 is 1.86 bits per heavy atom. The quantitative estimate of drug-likeness (QED) is 0.115. The molecule has 0 aliphatic carbocycles. The smallest absolute Gasteiger partial charge is 0.269 e. The zero-order valence-electron chi connectivity index (χ0n) is 17.0. The lowest BCUT2D eigenvalue weighted by Crippen LogP contribution is -2.41. The predicted molar refractivity (Wildman–Crippen MR) is 124 cm³/mol. The molecule has 1 heterocycles. The normalized spacial score (nSPS) is 14.9. The lowest BCUT2D eigenvalue weighted by atomic mass is 10.2. The fourth-order valence-electron chi connectivity index (χ4n) is 2.83. The summed E-state index contributed by atoms with van der Waals surface area (Å²) in [5, 5.41) is 17.4. The zero-order valence-corrected chi connectivity index (χ0v) is 19.3. The van der Waals surface area contributed by atoms with Gasteiger partial charge in [0.05, 0.1) is 24.7 Å². The van der Waals surface area contributed by atoms with Crippen LogP contribution in [0.15, 0.2) is 29.3 Å². The number of benzene rings is 1. The van der Waals surface area contributed by atoms with Crippen molar-refractivity contribution < 1.29 is 14.4 Å². The van der Waals surface area contributed by atoms with Gasteiger partial charge in [-0.15, -0.1) is 24.0 Å². The van der Waals surface area contributed by atoms with Crippen LogP contribution in [0.2, 0.25) is 0 Å².